The molecule has 0 spiro atoms. The number of hydrogen-bond acceptors (Lipinski definition) is 5. The minimum atomic E-state index is -1.27. The van der Waals surface area contributed by atoms with Crippen LogP contribution in [0, 0.1) is 0 Å². The van der Waals surface area contributed by atoms with Crippen LogP contribution < -0.4 is 5.32 Å². The molecule has 3 heterocycles. The van der Waals surface area contributed by atoms with Crippen molar-refractivity contribution in [2.75, 3.05) is 13.3 Å². The fraction of sp³-hybridized carbons (Fsp3) is 0.312. The van der Waals surface area contributed by atoms with Crippen LogP contribution in [0.1, 0.15) is 24.0 Å². The van der Waals surface area contributed by atoms with E-state index in [2.05, 4.69) is 10.3 Å². The maximum atomic E-state index is 13.4. The van der Waals surface area contributed by atoms with Gasteiger partial charge >= 0.3 is 11.9 Å². The lowest BCUT2D eigenvalue weighted by molar-refractivity contribution is -0.136. The third-order valence-corrected chi connectivity index (χ3v) is 4.10. The number of allylic oxidation sites excluding steroid dienone is 1. The fourth-order valence-electron chi connectivity index (χ4n) is 3.07. The normalized spacial score (nSPS) is 20.3. The number of aromatic nitrogens is 1. The molecule has 0 unspecified atom stereocenters. The Morgan fingerprint density at radius 1 is 1.57 bits per heavy atom. The lowest BCUT2D eigenvalue weighted by Crippen LogP contribution is -2.31. The van der Waals surface area contributed by atoms with Crippen molar-refractivity contribution in [3.8, 4) is 0 Å². The summed E-state index contributed by atoms with van der Waals surface area (Å²) in [5, 5.41) is 12.3. The topological polar surface area (TPSA) is 88.5 Å². The van der Waals surface area contributed by atoms with E-state index in [0.29, 0.717) is 17.7 Å². The number of carboxylic acid groups (broad SMARTS) is 1. The Hall–Kier alpha value is -2.70. The summed E-state index contributed by atoms with van der Waals surface area (Å²) >= 11 is 0. The van der Waals surface area contributed by atoms with Crippen molar-refractivity contribution in [3.05, 3.63) is 52.1 Å². The summed E-state index contributed by atoms with van der Waals surface area (Å²) in [6.07, 6.45) is 3.77. The summed E-state index contributed by atoms with van der Waals surface area (Å²) in [6, 6.07) is 1.77. The first kappa shape index (κ1) is 15.2. The molecule has 0 aliphatic carbocycles. The van der Waals surface area contributed by atoms with Crippen LogP contribution in [0.4, 0.5) is 4.39 Å². The third kappa shape index (κ3) is 2.38. The molecule has 0 radical (unpaired) electrons. The molecule has 0 amide bonds. The van der Waals surface area contributed by atoms with E-state index in [1.165, 1.54) is 6.20 Å². The second-order valence-electron chi connectivity index (χ2n) is 5.29. The Bertz CT molecular complexity index is 754. The number of aryl methyl sites for hydroxylation is 1. The zero-order valence-electron chi connectivity index (χ0n) is 12.4. The van der Waals surface area contributed by atoms with Crippen molar-refractivity contribution >= 4 is 11.9 Å². The number of nitrogens with one attached hydrogen (secondary N) is 1. The van der Waals surface area contributed by atoms with Gasteiger partial charge in [-0.1, -0.05) is 6.92 Å². The predicted molar refractivity (Wildman–Crippen MR) is 78.1 cm³/mol. The van der Waals surface area contributed by atoms with Gasteiger partial charge in [0, 0.05) is 12.4 Å². The number of alkyl halides is 1. The molecule has 2 aliphatic rings. The highest BCUT2D eigenvalue weighted by Gasteiger charge is 2.42. The highest BCUT2D eigenvalue weighted by molar-refractivity contribution is 6.00. The Labute approximate surface area is 131 Å². The van der Waals surface area contributed by atoms with E-state index in [-0.39, 0.29) is 23.5 Å². The summed E-state index contributed by atoms with van der Waals surface area (Å²) in [4.78, 5) is 27.9. The minimum Gasteiger partial charge on any atom is -0.478 e. The first-order chi connectivity index (χ1) is 11.1. The molecule has 120 valence electrons. The van der Waals surface area contributed by atoms with Gasteiger partial charge in [0.1, 0.15) is 13.3 Å². The maximum absolute atomic E-state index is 13.4. The van der Waals surface area contributed by atoms with Crippen LogP contribution in [0.5, 0.6) is 0 Å². The summed E-state index contributed by atoms with van der Waals surface area (Å²) in [5.41, 5.74) is 1.87. The van der Waals surface area contributed by atoms with Crippen LogP contribution >= 0.6 is 0 Å². The van der Waals surface area contributed by atoms with Crippen molar-refractivity contribution in [1.29, 1.82) is 0 Å². The molecule has 1 atom stereocenters. The summed E-state index contributed by atoms with van der Waals surface area (Å²) in [5.74, 6) is -2.74. The van der Waals surface area contributed by atoms with Crippen LogP contribution in [0.25, 0.3) is 0 Å². The summed E-state index contributed by atoms with van der Waals surface area (Å²) in [6.45, 7) is 0.940. The number of pyridine rings is 1. The van der Waals surface area contributed by atoms with Crippen molar-refractivity contribution in [2.45, 2.75) is 19.3 Å². The number of aliphatic carboxylic acids is 1. The molecule has 0 bridgehead atoms. The molecule has 0 saturated carbocycles. The molecular weight excluding hydrogens is 303 g/mol. The molecule has 0 aromatic carbocycles. The molecule has 2 N–H and O–H groups in total. The molecular formula is C16H15FN2O4. The third-order valence-electron chi connectivity index (χ3n) is 4.10. The molecule has 1 aromatic heterocycles. The van der Waals surface area contributed by atoms with E-state index < -0.39 is 24.5 Å². The number of ether oxygens (including phenoxy) is 1. The molecule has 1 aromatic rings. The lowest BCUT2D eigenvalue weighted by Gasteiger charge is -2.27. The number of esters is 1. The monoisotopic (exact) mass is 318 g/mol. The smallest absolute Gasteiger partial charge is 0.337 e. The zero-order valence-corrected chi connectivity index (χ0v) is 12.4. The molecule has 0 fully saturated rings. The van der Waals surface area contributed by atoms with Gasteiger partial charge in [-0.15, -0.1) is 0 Å². The standard InChI is InChI=1S/C16H15FN2O4/c1-2-8-3-4-18-6-9(8)12-13(15(20)21)10(5-17)19-11-7-23-16(22)14(11)12/h3-4,6,12,19H,2,5,7H2,1H3,(H,20,21)/t12-/m1/s1. The highest BCUT2D eigenvalue weighted by atomic mass is 19.1. The van der Waals surface area contributed by atoms with Crippen molar-refractivity contribution in [2.24, 2.45) is 0 Å². The van der Waals surface area contributed by atoms with Crippen molar-refractivity contribution < 1.29 is 23.8 Å². The van der Waals surface area contributed by atoms with Crippen LogP contribution in [-0.4, -0.2) is 35.3 Å². The minimum absolute atomic E-state index is 0.0111. The van der Waals surface area contributed by atoms with Gasteiger partial charge in [-0.2, -0.15) is 0 Å². The summed E-state index contributed by atoms with van der Waals surface area (Å²) < 4.78 is 18.4. The van der Waals surface area contributed by atoms with Gasteiger partial charge in [0.2, 0.25) is 0 Å². The average Bonchev–Trinajstić information content (AvgIpc) is 2.93. The number of rotatable bonds is 4. The first-order valence-electron chi connectivity index (χ1n) is 7.20. The second kappa shape index (κ2) is 5.83. The maximum Gasteiger partial charge on any atom is 0.337 e. The first-order valence-corrected chi connectivity index (χ1v) is 7.20. The molecule has 2 aliphatic heterocycles. The zero-order chi connectivity index (χ0) is 16.6. The van der Waals surface area contributed by atoms with Crippen LogP contribution in [0.15, 0.2) is 41.0 Å². The average molecular weight is 318 g/mol. The highest BCUT2D eigenvalue weighted by Crippen LogP contribution is 2.42. The Balaban J connectivity index is 2.25. The molecule has 3 rings (SSSR count). The molecule has 7 heteroatoms. The number of dihydropyridines is 1. The van der Waals surface area contributed by atoms with Crippen molar-refractivity contribution in [1.82, 2.24) is 10.3 Å². The van der Waals surface area contributed by atoms with E-state index in [0.717, 1.165) is 5.56 Å². The van der Waals surface area contributed by atoms with Crippen LogP contribution in [-0.2, 0) is 20.7 Å². The SMILES string of the molecule is CCc1ccncc1[C@@H]1C(C(=O)O)=C(CF)NC2=C1C(=O)OC2. The van der Waals surface area contributed by atoms with Gasteiger partial charge < -0.3 is 15.2 Å². The number of nitrogens with zero attached hydrogens (tertiary/aromatic N) is 1. The van der Waals surface area contributed by atoms with Gasteiger partial charge in [0.25, 0.3) is 0 Å². The van der Waals surface area contributed by atoms with E-state index in [1.807, 2.05) is 6.92 Å². The van der Waals surface area contributed by atoms with Crippen molar-refractivity contribution in [3.63, 3.8) is 0 Å². The number of halogens is 1. The quantitative estimate of drug-likeness (QED) is 0.817. The number of carbonyl (C=O) groups excluding carboxylic acids is 1. The van der Waals surface area contributed by atoms with Crippen LogP contribution in [0.3, 0.4) is 0 Å². The Kier molecular flexibility index (Phi) is 3.85. The number of hydrogen-bond donors (Lipinski definition) is 2. The van der Waals surface area contributed by atoms with E-state index in [1.54, 1.807) is 12.3 Å². The molecule has 23 heavy (non-hydrogen) atoms. The number of carbonyl (C=O) groups is 2. The summed E-state index contributed by atoms with van der Waals surface area (Å²) in [7, 11) is 0. The molecule has 6 nitrogen and oxygen atoms in total. The van der Waals surface area contributed by atoms with Gasteiger partial charge in [-0.25, -0.2) is 14.0 Å². The van der Waals surface area contributed by atoms with Crippen LogP contribution in [0.2, 0.25) is 0 Å². The Morgan fingerprint density at radius 3 is 3.00 bits per heavy atom. The lowest BCUT2D eigenvalue weighted by atomic mass is 9.79. The predicted octanol–water partition coefficient (Wildman–Crippen LogP) is 1.45. The van der Waals surface area contributed by atoms with E-state index in [9.17, 15) is 19.1 Å². The van der Waals surface area contributed by atoms with Gasteiger partial charge in [-0.3, -0.25) is 4.98 Å². The van der Waals surface area contributed by atoms with E-state index in [4.69, 9.17) is 4.74 Å². The van der Waals surface area contributed by atoms with E-state index >= 15 is 0 Å². The fourth-order valence-corrected chi connectivity index (χ4v) is 3.07. The Morgan fingerprint density at radius 2 is 2.35 bits per heavy atom. The van der Waals surface area contributed by atoms with Gasteiger partial charge in [0.05, 0.1) is 28.5 Å². The van der Waals surface area contributed by atoms with Gasteiger partial charge in [0.15, 0.2) is 0 Å². The molecule has 0 saturated heterocycles. The number of carboxylic acids is 1. The number of cyclic esters (lactones) is 1. The largest absolute Gasteiger partial charge is 0.478 e. The van der Waals surface area contributed by atoms with Gasteiger partial charge in [-0.05, 0) is 23.6 Å². The second-order valence-corrected chi connectivity index (χ2v) is 5.29.